The molecule has 1 unspecified atom stereocenters. The lowest BCUT2D eigenvalue weighted by Gasteiger charge is -2.42. The van der Waals surface area contributed by atoms with Crippen LogP contribution in [0, 0.1) is 11.6 Å². The van der Waals surface area contributed by atoms with Crippen molar-refractivity contribution in [3.8, 4) is 5.75 Å². The maximum atomic E-state index is 13.7. The minimum Gasteiger partial charge on any atom is -0.482 e. The molecule has 0 radical (unpaired) electrons. The van der Waals surface area contributed by atoms with E-state index in [-0.39, 0.29) is 29.8 Å². The van der Waals surface area contributed by atoms with Crippen LogP contribution in [-0.2, 0) is 4.74 Å². The van der Waals surface area contributed by atoms with Gasteiger partial charge in [-0.1, -0.05) is 6.07 Å². The predicted octanol–water partition coefficient (Wildman–Crippen LogP) is 1.43. The summed E-state index contributed by atoms with van der Waals surface area (Å²) in [5.74, 6) is -0.815. The summed E-state index contributed by atoms with van der Waals surface area (Å²) in [6.07, 6.45) is 2.76. The Bertz CT molecular complexity index is 920. The van der Waals surface area contributed by atoms with E-state index in [1.54, 1.807) is 10.9 Å². The highest BCUT2D eigenvalue weighted by Gasteiger charge is 2.35. The second-order valence-corrected chi connectivity index (χ2v) is 7.89. The number of nitrogens with one attached hydrogen (secondary N) is 2. The molecule has 0 aliphatic carbocycles. The van der Waals surface area contributed by atoms with Gasteiger partial charge in [-0.15, -0.1) is 0 Å². The second-order valence-electron chi connectivity index (χ2n) is 7.89. The smallest absolute Gasteiger partial charge is 0.273 e. The summed E-state index contributed by atoms with van der Waals surface area (Å²) >= 11 is 0. The first kappa shape index (κ1) is 19.3. The van der Waals surface area contributed by atoms with Gasteiger partial charge in [0.15, 0.2) is 17.4 Å². The first-order valence-corrected chi connectivity index (χ1v) is 10.1. The van der Waals surface area contributed by atoms with Crippen molar-refractivity contribution in [2.45, 2.75) is 31.0 Å². The fourth-order valence-corrected chi connectivity index (χ4v) is 4.18. The Morgan fingerprint density at radius 2 is 1.93 bits per heavy atom. The van der Waals surface area contributed by atoms with Gasteiger partial charge in [-0.05, 0) is 25.0 Å². The van der Waals surface area contributed by atoms with E-state index >= 15 is 0 Å². The van der Waals surface area contributed by atoms with Crippen LogP contribution in [0.15, 0.2) is 24.4 Å². The molecule has 2 fully saturated rings. The van der Waals surface area contributed by atoms with E-state index in [4.69, 9.17) is 9.47 Å². The SMILES string of the molecule is O=C1NC(CN2CC(Oc3c(F)cccc3F)C2)Nn2c1cnc2C1CCOCC1. The second kappa shape index (κ2) is 7.84. The quantitative estimate of drug-likeness (QED) is 0.763. The number of para-hydroxylation sites is 1. The Balaban J connectivity index is 1.19. The van der Waals surface area contributed by atoms with Crippen molar-refractivity contribution in [3.63, 3.8) is 0 Å². The molecule has 10 heteroatoms. The largest absolute Gasteiger partial charge is 0.482 e. The third-order valence-corrected chi connectivity index (χ3v) is 5.77. The standard InChI is InChI=1S/C20H23F2N5O3/c21-14-2-1-3-15(22)18(14)30-13-9-26(10-13)11-17-24-20(28)16-8-23-19(27(16)25-17)12-4-6-29-7-5-12/h1-3,8,12-13,17,25H,4-7,9-11H2,(H,24,28). The number of imidazole rings is 1. The number of carbonyl (C=O) groups is 1. The molecule has 1 aromatic heterocycles. The summed E-state index contributed by atoms with van der Waals surface area (Å²) in [7, 11) is 0. The Labute approximate surface area is 172 Å². The molecule has 1 amide bonds. The van der Waals surface area contributed by atoms with Gasteiger partial charge in [0.1, 0.15) is 23.8 Å². The summed E-state index contributed by atoms with van der Waals surface area (Å²) in [6, 6.07) is 3.66. The normalized spacial score (nSPS) is 22.7. The third kappa shape index (κ3) is 3.61. The molecule has 8 nitrogen and oxygen atoms in total. The molecular weight excluding hydrogens is 396 g/mol. The third-order valence-electron chi connectivity index (χ3n) is 5.77. The number of hydrogen-bond donors (Lipinski definition) is 2. The molecule has 0 spiro atoms. The van der Waals surface area contributed by atoms with E-state index in [9.17, 15) is 13.6 Å². The molecule has 3 aliphatic rings. The first-order valence-electron chi connectivity index (χ1n) is 10.1. The number of likely N-dealkylation sites (tertiary alicyclic amines) is 1. The van der Waals surface area contributed by atoms with Crippen LogP contribution in [0.2, 0.25) is 0 Å². The van der Waals surface area contributed by atoms with Gasteiger partial charge in [0, 0.05) is 38.8 Å². The van der Waals surface area contributed by atoms with Crippen LogP contribution >= 0.6 is 0 Å². The molecular formula is C20H23F2N5O3. The van der Waals surface area contributed by atoms with Crippen LogP contribution in [0.3, 0.4) is 0 Å². The Morgan fingerprint density at radius 3 is 2.67 bits per heavy atom. The fraction of sp³-hybridized carbons (Fsp3) is 0.500. The van der Waals surface area contributed by atoms with Gasteiger partial charge >= 0.3 is 0 Å². The van der Waals surface area contributed by atoms with Crippen molar-refractivity contribution in [2.24, 2.45) is 0 Å². The lowest BCUT2D eigenvalue weighted by Crippen LogP contribution is -2.62. The van der Waals surface area contributed by atoms with E-state index in [1.165, 1.54) is 18.2 Å². The number of halogens is 2. The van der Waals surface area contributed by atoms with E-state index in [0.717, 1.165) is 18.7 Å². The number of fused-ring (bicyclic) bond motifs is 1. The number of amides is 1. The molecule has 1 atom stereocenters. The minimum atomic E-state index is -0.706. The zero-order valence-electron chi connectivity index (χ0n) is 16.3. The summed E-state index contributed by atoms with van der Waals surface area (Å²) in [4.78, 5) is 19.0. The first-order chi connectivity index (χ1) is 14.6. The van der Waals surface area contributed by atoms with Crippen molar-refractivity contribution >= 4 is 5.91 Å². The molecule has 3 aliphatic heterocycles. The molecule has 0 bridgehead atoms. The molecule has 5 rings (SSSR count). The van der Waals surface area contributed by atoms with Crippen LogP contribution in [-0.4, -0.2) is 65.6 Å². The van der Waals surface area contributed by atoms with Crippen molar-refractivity contribution in [3.05, 3.63) is 47.5 Å². The van der Waals surface area contributed by atoms with Gasteiger partial charge in [-0.2, -0.15) is 0 Å². The zero-order chi connectivity index (χ0) is 20.7. The molecule has 2 saturated heterocycles. The number of hydrogen-bond acceptors (Lipinski definition) is 6. The summed E-state index contributed by atoms with van der Waals surface area (Å²) in [5, 5.41) is 2.93. The number of aromatic nitrogens is 2. The monoisotopic (exact) mass is 419 g/mol. The molecule has 30 heavy (non-hydrogen) atoms. The van der Waals surface area contributed by atoms with Crippen molar-refractivity contribution in [2.75, 3.05) is 38.3 Å². The lowest BCUT2D eigenvalue weighted by atomic mass is 10.00. The lowest BCUT2D eigenvalue weighted by molar-refractivity contribution is 0.0101. The minimum absolute atomic E-state index is 0.175. The van der Waals surface area contributed by atoms with Gasteiger partial charge in [0.25, 0.3) is 5.91 Å². The molecule has 4 heterocycles. The highest BCUT2D eigenvalue weighted by Crippen LogP contribution is 2.28. The summed E-state index contributed by atoms with van der Waals surface area (Å²) < 4.78 is 40.2. The number of nitrogens with zero attached hydrogens (tertiary/aromatic N) is 3. The zero-order valence-corrected chi connectivity index (χ0v) is 16.3. The molecule has 160 valence electrons. The van der Waals surface area contributed by atoms with Crippen LogP contribution in [0.5, 0.6) is 5.75 Å². The predicted molar refractivity (Wildman–Crippen MR) is 103 cm³/mol. The molecule has 0 saturated carbocycles. The maximum Gasteiger partial charge on any atom is 0.273 e. The van der Waals surface area contributed by atoms with E-state index in [0.29, 0.717) is 38.5 Å². The van der Waals surface area contributed by atoms with Crippen molar-refractivity contribution in [1.29, 1.82) is 0 Å². The van der Waals surface area contributed by atoms with Gasteiger partial charge in [-0.25, -0.2) is 18.4 Å². The van der Waals surface area contributed by atoms with Crippen LogP contribution in [0.1, 0.15) is 35.1 Å². The average Bonchev–Trinajstić information content (AvgIpc) is 3.14. The highest BCUT2D eigenvalue weighted by molar-refractivity contribution is 5.93. The van der Waals surface area contributed by atoms with E-state index in [2.05, 4.69) is 20.6 Å². The molecule has 2 N–H and O–H groups in total. The topological polar surface area (TPSA) is 80.7 Å². The fourth-order valence-electron chi connectivity index (χ4n) is 4.18. The Kier molecular flexibility index (Phi) is 5.03. The van der Waals surface area contributed by atoms with Gasteiger partial charge in [0.05, 0.1) is 6.20 Å². The van der Waals surface area contributed by atoms with Crippen LogP contribution < -0.4 is 15.5 Å². The number of ether oxygens (including phenoxy) is 2. The highest BCUT2D eigenvalue weighted by atomic mass is 19.1. The summed E-state index contributed by atoms with van der Waals surface area (Å²) in [6.45, 7) is 2.97. The van der Waals surface area contributed by atoms with Crippen molar-refractivity contribution in [1.82, 2.24) is 19.9 Å². The van der Waals surface area contributed by atoms with Gasteiger partial charge in [0.2, 0.25) is 0 Å². The van der Waals surface area contributed by atoms with E-state index in [1.807, 2.05) is 0 Å². The van der Waals surface area contributed by atoms with E-state index < -0.39 is 11.6 Å². The molecule has 1 aromatic carbocycles. The average molecular weight is 419 g/mol. The Hall–Kier alpha value is -2.72. The van der Waals surface area contributed by atoms with Crippen LogP contribution in [0.4, 0.5) is 8.78 Å². The maximum absolute atomic E-state index is 13.7. The Morgan fingerprint density at radius 1 is 1.20 bits per heavy atom. The summed E-state index contributed by atoms with van der Waals surface area (Å²) in [5.41, 5.74) is 3.83. The van der Waals surface area contributed by atoms with Crippen LogP contribution in [0.25, 0.3) is 0 Å². The van der Waals surface area contributed by atoms with Crippen molar-refractivity contribution < 1.29 is 23.0 Å². The van der Waals surface area contributed by atoms with Gasteiger partial charge in [-0.3, -0.25) is 9.69 Å². The number of rotatable bonds is 5. The van der Waals surface area contributed by atoms with Gasteiger partial charge < -0.3 is 20.2 Å². The number of carbonyl (C=O) groups excluding carboxylic acids is 1. The molecule has 2 aromatic rings. The number of benzene rings is 1.